The van der Waals surface area contributed by atoms with Gasteiger partial charge in [0.2, 0.25) is 11.8 Å². The maximum Gasteiger partial charge on any atom is 0.246 e. The highest BCUT2D eigenvalue weighted by molar-refractivity contribution is 5.99. The molecule has 1 heterocycles. The van der Waals surface area contributed by atoms with Gasteiger partial charge in [-0.3, -0.25) is 9.59 Å². The van der Waals surface area contributed by atoms with Gasteiger partial charge >= 0.3 is 0 Å². The molecule has 4 heteroatoms. The minimum atomic E-state index is -0.671. The van der Waals surface area contributed by atoms with Crippen LogP contribution in [0.2, 0.25) is 0 Å². The molecule has 3 atom stereocenters. The lowest BCUT2D eigenvalue weighted by Crippen LogP contribution is -2.70. The van der Waals surface area contributed by atoms with Crippen molar-refractivity contribution in [2.45, 2.75) is 71.4 Å². The lowest BCUT2D eigenvalue weighted by molar-refractivity contribution is -0.158. The normalized spacial score (nSPS) is 32.2. The molecule has 1 aliphatic carbocycles. The highest BCUT2D eigenvalue weighted by Crippen LogP contribution is 2.35. The van der Waals surface area contributed by atoms with Gasteiger partial charge in [-0.2, -0.15) is 0 Å². The first kappa shape index (κ1) is 15.3. The lowest BCUT2D eigenvalue weighted by Gasteiger charge is -2.47. The molecular formula is C16H28N2O2. The summed E-state index contributed by atoms with van der Waals surface area (Å²) in [5.41, 5.74) is -0.671. The average Bonchev–Trinajstić information content (AvgIpc) is 3.26. The second-order valence-corrected chi connectivity index (χ2v) is 6.69. The van der Waals surface area contributed by atoms with Gasteiger partial charge in [-0.15, -0.1) is 0 Å². The molecule has 0 aromatic rings. The summed E-state index contributed by atoms with van der Waals surface area (Å²) >= 11 is 0. The van der Waals surface area contributed by atoms with E-state index in [4.69, 9.17) is 0 Å². The van der Waals surface area contributed by atoms with Crippen LogP contribution in [-0.2, 0) is 9.59 Å². The van der Waals surface area contributed by atoms with Crippen LogP contribution in [0.1, 0.15) is 59.8 Å². The Kier molecular flexibility index (Phi) is 4.40. The van der Waals surface area contributed by atoms with Gasteiger partial charge in [0.25, 0.3) is 0 Å². The number of carbonyl (C=O) groups excluding carboxylic acids is 2. The van der Waals surface area contributed by atoms with E-state index in [9.17, 15) is 9.59 Å². The fourth-order valence-corrected chi connectivity index (χ4v) is 2.94. The Bertz CT molecular complexity index is 392. The van der Waals surface area contributed by atoms with E-state index >= 15 is 0 Å². The maximum atomic E-state index is 12.8. The molecule has 114 valence electrons. The summed E-state index contributed by atoms with van der Waals surface area (Å²) < 4.78 is 0. The smallest absolute Gasteiger partial charge is 0.246 e. The Morgan fingerprint density at radius 2 is 2.00 bits per heavy atom. The molecule has 2 aliphatic rings. The first-order valence-electron chi connectivity index (χ1n) is 8.06. The topological polar surface area (TPSA) is 49.4 Å². The van der Waals surface area contributed by atoms with E-state index in [0.717, 1.165) is 25.3 Å². The van der Waals surface area contributed by atoms with Crippen molar-refractivity contribution in [1.29, 1.82) is 0 Å². The average molecular weight is 280 g/mol. The molecule has 1 saturated carbocycles. The quantitative estimate of drug-likeness (QED) is 0.812. The molecule has 0 aromatic heterocycles. The van der Waals surface area contributed by atoms with Gasteiger partial charge in [-0.1, -0.05) is 40.0 Å². The van der Waals surface area contributed by atoms with Crippen molar-refractivity contribution in [2.24, 2.45) is 11.8 Å². The maximum absolute atomic E-state index is 12.8. The van der Waals surface area contributed by atoms with Crippen molar-refractivity contribution in [3.05, 3.63) is 0 Å². The minimum Gasteiger partial charge on any atom is -0.342 e. The van der Waals surface area contributed by atoms with E-state index in [2.05, 4.69) is 12.2 Å². The molecule has 0 spiro atoms. The summed E-state index contributed by atoms with van der Waals surface area (Å²) in [6.07, 6.45) is 5.18. The predicted octanol–water partition coefficient (Wildman–Crippen LogP) is 2.33. The molecule has 0 aromatic carbocycles. The molecule has 0 radical (unpaired) electrons. The molecule has 3 unspecified atom stereocenters. The molecule has 1 saturated heterocycles. The Labute approximate surface area is 122 Å². The molecular weight excluding hydrogens is 252 g/mol. The Hall–Kier alpha value is -1.06. The molecule has 2 rings (SSSR count). The fraction of sp³-hybridized carbons (Fsp3) is 0.875. The van der Waals surface area contributed by atoms with Gasteiger partial charge in [0.05, 0.1) is 0 Å². The van der Waals surface area contributed by atoms with E-state index in [-0.39, 0.29) is 23.8 Å². The van der Waals surface area contributed by atoms with Crippen molar-refractivity contribution in [2.75, 3.05) is 6.54 Å². The SMILES string of the molecule is CCC(C)C1NC(=O)C(C)(CC)N(CCC2CC2)C1=O. The fourth-order valence-electron chi connectivity index (χ4n) is 2.94. The summed E-state index contributed by atoms with van der Waals surface area (Å²) in [6.45, 7) is 8.72. The van der Waals surface area contributed by atoms with Crippen LogP contribution in [0.25, 0.3) is 0 Å². The second-order valence-electron chi connectivity index (χ2n) is 6.69. The summed E-state index contributed by atoms with van der Waals surface area (Å²) in [7, 11) is 0. The lowest BCUT2D eigenvalue weighted by atomic mass is 9.86. The van der Waals surface area contributed by atoms with Crippen molar-refractivity contribution in [3.8, 4) is 0 Å². The van der Waals surface area contributed by atoms with Gasteiger partial charge in [0.1, 0.15) is 11.6 Å². The molecule has 2 fully saturated rings. The number of piperazine rings is 1. The molecule has 0 bridgehead atoms. The van der Waals surface area contributed by atoms with E-state index in [1.54, 1.807) is 0 Å². The van der Waals surface area contributed by atoms with Crippen molar-refractivity contribution < 1.29 is 9.59 Å². The van der Waals surface area contributed by atoms with Crippen LogP contribution in [0.4, 0.5) is 0 Å². The molecule has 1 aliphatic heterocycles. The number of nitrogens with zero attached hydrogens (tertiary/aromatic N) is 1. The predicted molar refractivity (Wildman–Crippen MR) is 79.1 cm³/mol. The van der Waals surface area contributed by atoms with Crippen LogP contribution < -0.4 is 5.32 Å². The molecule has 20 heavy (non-hydrogen) atoms. The molecule has 1 N–H and O–H groups in total. The van der Waals surface area contributed by atoms with Gasteiger partial charge in [0.15, 0.2) is 0 Å². The summed E-state index contributed by atoms with van der Waals surface area (Å²) in [5, 5.41) is 2.96. The van der Waals surface area contributed by atoms with Crippen LogP contribution in [-0.4, -0.2) is 34.8 Å². The van der Waals surface area contributed by atoms with Gasteiger partial charge < -0.3 is 10.2 Å². The standard InChI is InChI=1S/C16H28N2O2/c1-5-11(3)13-14(19)18(10-9-12-7-8-12)16(4,6-2)15(20)17-13/h11-13H,5-10H2,1-4H3,(H,17,20). The minimum absolute atomic E-state index is 0.0145. The van der Waals surface area contributed by atoms with Crippen molar-refractivity contribution in [3.63, 3.8) is 0 Å². The third kappa shape index (κ3) is 2.70. The zero-order valence-corrected chi connectivity index (χ0v) is 13.2. The number of nitrogens with one attached hydrogen (secondary N) is 1. The zero-order chi connectivity index (χ0) is 14.9. The van der Waals surface area contributed by atoms with E-state index < -0.39 is 5.54 Å². The van der Waals surface area contributed by atoms with E-state index in [0.29, 0.717) is 6.42 Å². The first-order valence-corrected chi connectivity index (χ1v) is 8.06. The van der Waals surface area contributed by atoms with Crippen LogP contribution >= 0.6 is 0 Å². The largest absolute Gasteiger partial charge is 0.342 e. The van der Waals surface area contributed by atoms with Gasteiger partial charge in [-0.05, 0) is 31.6 Å². The number of rotatable bonds is 6. The number of amides is 2. The third-order valence-corrected chi connectivity index (χ3v) is 5.26. The highest BCUT2D eigenvalue weighted by atomic mass is 16.2. The number of hydrogen-bond acceptors (Lipinski definition) is 2. The first-order chi connectivity index (χ1) is 9.43. The van der Waals surface area contributed by atoms with E-state index in [1.165, 1.54) is 12.8 Å². The monoisotopic (exact) mass is 280 g/mol. The van der Waals surface area contributed by atoms with Gasteiger partial charge in [-0.25, -0.2) is 0 Å². The Balaban J connectivity index is 2.18. The van der Waals surface area contributed by atoms with Crippen LogP contribution in [0.5, 0.6) is 0 Å². The van der Waals surface area contributed by atoms with Crippen LogP contribution in [0.3, 0.4) is 0 Å². The molecule has 4 nitrogen and oxygen atoms in total. The van der Waals surface area contributed by atoms with E-state index in [1.807, 2.05) is 25.7 Å². The van der Waals surface area contributed by atoms with Crippen LogP contribution in [0, 0.1) is 11.8 Å². The Morgan fingerprint density at radius 3 is 2.50 bits per heavy atom. The van der Waals surface area contributed by atoms with Crippen LogP contribution in [0.15, 0.2) is 0 Å². The summed E-state index contributed by atoms with van der Waals surface area (Å²) in [6, 6.07) is -0.341. The summed E-state index contributed by atoms with van der Waals surface area (Å²) in [4.78, 5) is 27.1. The van der Waals surface area contributed by atoms with Crippen molar-refractivity contribution in [1.82, 2.24) is 10.2 Å². The zero-order valence-electron chi connectivity index (χ0n) is 13.2. The second kappa shape index (κ2) is 5.74. The van der Waals surface area contributed by atoms with Gasteiger partial charge in [0, 0.05) is 6.54 Å². The number of hydrogen-bond donors (Lipinski definition) is 1. The third-order valence-electron chi connectivity index (χ3n) is 5.26. The highest BCUT2D eigenvalue weighted by Gasteiger charge is 2.49. The van der Waals surface area contributed by atoms with Crippen molar-refractivity contribution >= 4 is 11.8 Å². The number of carbonyl (C=O) groups is 2. The molecule has 2 amide bonds. The Morgan fingerprint density at radius 1 is 1.35 bits per heavy atom. The summed E-state index contributed by atoms with van der Waals surface area (Å²) in [5.74, 6) is 1.09.